The molecule has 0 aromatic carbocycles. The maximum atomic E-state index is 12.4. The van der Waals surface area contributed by atoms with Crippen molar-refractivity contribution in [2.75, 3.05) is 13.1 Å². The summed E-state index contributed by atoms with van der Waals surface area (Å²) in [6, 6.07) is 0. The van der Waals surface area contributed by atoms with Crippen molar-refractivity contribution in [3.8, 4) is 0 Å². The minimum absolute atomic E-state index is 0.0566. The van der Waals surface area contributed by atoms with E-state index in [1.54, 1.807) is 0 Å². The van der Waals surface area contributed by atoms with Crippen molar-refractivity contribution in [1.29, 1.82) is 0 Å². The lowest BCUT2D eigenvalue weighted by Crippen LogP contribution is -2.41. The van der Waals surface area contributed by atoms with Crippen LogP contribution in [0.1, 0.15) is 56.1 Å². The zero-order valence-corrected chi connectivity index (χ0v) is 12.1. The molecule has 1 fully saturated rings. The summed E-state index contributed by atoms with van der Waals surface area (Å²) in [6.07, 6.45) is 6.02. The van der Waals surface area contributed by atoms with Crippen molar-refractivity contribution in [3.05, 3.63) is 17.5 Å². The average Bonchev–Trinajstić information content (AvgIpc) is 2.73. The second-order valence-corrected chi connectivity index (χ2v) is 7.15. The third kappa shape index (κ3) is 2.22. The molecular formula is C15H23N3O. The SMILES string of the molecule is CC(C)(C)n1cc2c(n1)C(=O)CC1(CCNCC1)C2. The number of aromatic nitrogens is 2. The molecular weight excluding hydrogens is 238 g/mol. The van der Waals surface area contributed by atoms with Crippen LogP contribution in [0, 0.1) is 5.41 Å². The fourth-order valence-corrected chi connectivity index (χ4v) is 3.32. The summed E-state index contributed by atoms with van der Waals surface area (Å²) in [5.74, 6) is 0.242. The molecule has 1 aromatic rings. The summed E-state index contributed by atoms with van der Waals surface area (Å²) in [6.45, 7) is 8.44. The summed E-state index contributed by atoms with van der Waals surface area (Å²) < 4.78 is 1.95. The molecule has 4 nitrogen and oxygen atoms in total. The van der Waals surface area contributed by atoms with Gasteiger partial charge in [-0.25, -0.2) is 0 Å². The van der Waals surface area contributed by atoms with E-state index in [2.05, 4.69) is 37.4 Å². The van der Waals surface area contributed by atoms with Crippen LogP contribution in [0.15, 0.2) is 6.20 Å². The third-order valence-electron chi connectivity index (χ3n) is 4.51. The molecule has 0 radical (unpaired) electrons. The summed E-state index contributed by atoms with van der Waals surface area (Å²) in [5, 5.41) is 7.93. The number of piperidine rings is 1. The Kier molecular flexibility index (Phi) is 2.82. The molecule has 0 bridgehead atoms. The van der Waals surface area contributed by atoms with Gasteiger partial charge in [-0.2, -0.15) is 5.10 Å². The van der Waals surface area contributed by atoms with Gasteiger partial charge in [0.1, 0.15) is 5.69 Å². The molecule has 0 saturated carbocycles. The van der Waals surface area contributed by atoms with Crippen molar-refractivity contribution in [2.45, 2.75) is 52.0 Å². The molecule has 104 valence electrons. The van der Waals surface area contributed by atoms with Crippen molar-refractivity contribution < 1.29 is 4.79 Å². The van der Waals surface area contributed by atoms with E-state index in [0.29, 0.717) is 6.42 Å². The van der Waals surface area contributed by atoms with E-state index in [9.17, 15) is 4.79 Å². The van der Waals surface area contributed by atoms with E-state index in [0.717, 1.165) is 43.6 Å². The van der Waals surface area contributed by atoms with E-state index in [4.69, 9.17) is 0 Å². The van der Waals surface area contributed by atoms with Crippen LogP contribution in [0.2, 0.25) is 0 Å². The molecule has 1 aliphatic carbocycles. The summed E-state index contributed by atoms with van der Waals surface area (Å²) in [5.41, 5.74) is 2.02. The molecule has 1 aliphatic heterocycles. The largest absolute Gasteiger partial charge is 0.317 e. The highest BCUT2D eigenvalue weighted by atomic mass is 16.1. The van der Waals surface area contributed by atoms with E-state index >= 15 is 0 Å². The monoisotopic (exact) mass is 261 g/mol. The van der Waals surface area contributed by atoms with Gasteiger partial charge < -0.3 is 5.32 Å². The van der Waals surface area contributed by atoms with Gasteiger partial charge in [0.2, 0.25) is 0 Å². The van der Waals surface area contributed by atoms with Gasteiger partial charge in [0, 0.05) is 18.2 Å². The molecule has 1 saturated heterocycles. The van der Waals surface area contributed by atoms with E-state index in [-0.39, 0.29) is 16.7 Å². The molecule has 1 spiro atoms. The molecule has 1 N–H and O–H groups in total. The van der Waals surface area contributed by atoms with E-state index < -0.39 is 0 Å². The topological polar surface area (TPSA) is 46.9 Å². The number of hydrogen-bond donors (Lipinski definition) is 1. The predicted octanol–water partition coefficient (Wildman–Crippen LogP) is 2.14. The lowest BCUT2D eigenvalue weighted by Gasteiger charge is -2.39. The van der Waals surface area contributed by atoms with Crippen LogP contribution in [0.25, 0.3) is 0 Å². The number of carbonyl (C=O) groups excluding carboxylic acids is 1. The maximum absolute atomic E-state index is 12.4. The molecule has 3 rings (SSSR count). The van der Waals surface area contributed by atoms with Gasteiger partial charge >= 0.3 is 0 Å². The van der Waals surface area contributed by atoms with E-state index in [1.165, 1.54) is 0 Å². The van der Waals surface area contributed by atoms with Crippen LogP contribution in [-0.4, -0.2) is 28.7 Å². The summed E-state index contributed by atoms with van der Waals surface area (Å²) >= 11 is 0. The first kappa shape index (κ1) is 12.9. The number of Topliss-reactive ketones (excluding diaryl/α,β-unsaturated/α-hetero) is 1. The second-order valence-electron chi connectivity index (χ2n) is 7.15. The van der Waals surface area contributed by atoms with Crippen LogP contribution in [0.4, 0.5) is 0 Å². The molecule has 0 unspecified atom stereocenters. The van der Waals surface area contributed by atoms with Gasteiger partial charge in [0.25, 0.3) is 0 Å². The van der Waals surface area contributed by atoms with Crippen molar-refractivity contribution in [3.63, 3.8) is 0 Å². The van der Waals surface area contributed by atoms with Crippen molar-refractivity contribution >= 4 is 5.78 Å². The highest BCUT2D eigenvalue weighted by Gasteiger charge is 2.41. The Morgan fingerprint density at radius 2 is 1.95 bits per heavy atom. The molecule has 2 aliphatic rings. The van der Waals surface area contributed by atoms with Crippen molar-refractivity contribution in [1.82, 2.24) is 15.1 Å². The number of rotatable bonds is 0. The number of nitrogens with one attached hydrogen (secondary N) is 1. The number of hydrogen-bond acceptors (Lipinski definition) is 3. The average molecular weight is 261 g/mol. The third-order valence-corrected chi connectivity index (χ3v) is 4.51. The van der Waals surface area contributed by atoms with Gasteiger partial charge in [-0.15, -0.1) is 0 Å². The number of nitrogens with zero attached hydrogens (tertiary/aromatic N) is 2. The maximum Gasteiger partial charge on any atom is 0.183 e. The normalized spacial score (nSPS) is 22.6. The number of carbonyl (C=O) groups is 1. The number of fused-ring (bicyclic) bond motifs is 1. The Balaban J connectivity index is 1.95. The van der Waals surface area contributed by atoms with Crippen LogP contribution in [0.5, 0.6) is 0 Å². The zero-order valence-electron chi connectivity index (χ0n) is 12.1. The van der Waals surface area contributed by atoms with Gasteiger partial charge in [0.15, 0.2) is 5.78 Å². The van der Waals surface area contributed by atoms with Gasteiger partial charge in [-0.05, 0) is 58.5 Å². The zero-order chi connectivity index (χ0) is 13.7. The lowest BCUT2D eigenvalue weighted by molar-refractivity contribution is 0.0830. The van der Waals surface area contributed by atoms with Crippen LogP contribution in [-0.2, 0) is 12.0 Å². The molecule has 1 aromatic heterocycles. The van der Waals surface area contributed by atoms with Crippen LogP contribution < -0.4 is 5.32 Å². The summed E-state index contributed by atoms with van der Waals surface area (Å²) in [4.78, 5) is 12.4. The summed E-state index contributed by atoms with van der Waals surface area (Å²) in [7, 11) is 0. The fraction of sp³-hybridized carbons (Fsp3) is 0.733. The lowest BCUT2D eigenvalue weighted by atomic mass is 9.67. The quantitative estimate of drug-likeness (QED) is 0.778. The molecule has 2 heterocycles. The first-order valence-electron chi connectivity index (χ1n) is 7.23. The molecule has 0 atom stereocenters. The highest BCUT2D eigenvalue weighted by molar-refractivity contribution is 5.97. The molecule has 19 heavy (non-hydrogen) atoms. The van der Waals surface area contributed by atoms with Crippen LogP contribution >= 0.6 is 0 Å². The Bertz CT molecular complexity index is 504. The van der Waals surface area contributed by atoms with Gasteiger partial charge in [0.05, 0.1) is 5.54 Å². The first-order valence-corrected chi connectivity index (χ1v) is 7.23. The Morgan fingerprint density at radius 1 is 1.26 bits per heavy atom. The molecule has 0 amide bonds. The minimum atomic E-state index is -0.0566. The number of ketones is 1. The predicted molar refractivity (Wildman–Crippen MR) is 74.4 cm³/mol. The Labute approximate surface area is 114 Å². The van der Waals surface area contributed by atoms with Gasteiger partial charge in [-0.1, -0.05) is 0 Å². The Morgan fingerprint density at radius 3 is 2.58 bits per heavy atom. The van der Waals surface area contributed by atoms with Crippen molar-refractivity contribution in [2.24, 2.45) is 5.41 Å². The van der Waals surface area contributed by atoms with E-state index in [1.807, 2.05) is 4.68 Å². The molecule has 4 heteroatoms. The fourth-order valence-electron chi connectivity index (χ4n) is 3.32. The highest BCUT2D eigenvalue weighted by Crippen LogP contribution is 2.42. The van der Waals surface area contributed by atoms with Gasteiger partial charge in [-0.3, -0.25) is 9.48 Å². The first-order chi connectivity index (χ1) is 8.90. The second kappa shape index (κ2) is 4.17. The minimum Gasteiger partial charge on any atom is -0.317 e. The standard InChI is InChI=1S/C15H23N3O/c1-14(2,3)18-10-11-8-15(4-6-16-7-5-15)9-12(19)13(11)17-18/h10,16H,4-9H2,1-3H3. The Hall–Kier alpha value is -1.16. The smallest absolute Gasteiger partial charge is 0.183 e. The van der Waals surface area contributed by atoms with Crippen LogP contribution in [0.3, 0.4) is 0 Å².